The summed E-state index contributed by atoms with van der Waals surface area (Å²) in [4.78, 5) is 13.0. The highest BCUT2D eigenvalue weighted by Gasteiger charge is 2.44. The number of carbonyl (C=O) groups is 1. The minimum Gasteiger partial charge on any atom is -0.394 e. The Morgan fingerprint density at radius 1 is 0.557 bits per heavy atom. The van der Waals surface area contributed by atoms with Crippen molar-refractivity contribution < 1.29 is 50.0 Å². The second kappa shape index (κ2) is 39.9. The lowest BCUT2D eigenvalue weighted by molar-refractivity contribution is -0.303. The minimum absolute atomic E-state index is 0.165. The van der Waals surface area contributed by atoms with Gasteiger partial charge in [-0.1, -0.05) is 172 Å². The zero-order valence-corrected chi connectivity index (χ0v) is 38.6. The van der Waals surface area contributed by atoms with Gasteiger partial charge in [0.2, 0.25) is 5.91 Å². The van der Waals surface area contributed by atoms with Gasteiger partial charge in [-0.15, -0.1) is 0 Å². The molecular weight excluding hydrogens is 775 g/mol. The number of allylic oxidation sites excluding steroid dienone is 6. The molecule has 1 amide bonds. The third-order valence-corrected chi connectivity index (χ3v) is 11.9. The van der Waals surface area contributed by atoms with Gasteiger partial charge in [0, 0.05) is 0 Å². The second-order valence-electron chi connectivity index (χ2n) is 17.5. The number of aliphatic hydroxyl groups excluding tert-OH is 7. The maximum absolute atomic E-state index is 13.0. The SMILES string of the molecule is CCCCCC/C=C\CCC(O)C(=O)NC(COC1OC(CO)C(O)C(O)C1O)C(O)C(O)CCC/C=C/CC/C=C/CCCCCCCCCCCCCCCCCCC. The Hall–Kier alpha value is -1.67. The molecule has 9 atom stereocenters. The van der Waals surface area contributed by atoms with Gasteiger partial charge in [0.25, 0.3) is 0 Å². The van der Waals surface area contributed by atoms with Gasteiger partial charge in [-0.25, -0.2) is 0 Å². The molecule has 0 aliphatic carbocycles. The first kappa shape index (κ1) is 57.3. The van der Waals surface area contributed by atoms with E-state index in [2.05, 4.69) is 43.5 Å². The predicted molar refractivity (Wildman–Crippen MR) is 247 cm³/mol. The van der Waals surface area contributed by atoms with Crippen molar-refractivity contribution in [3.05, 3.63) is 36.5 Å². The standard InChI is InChI=1S/C50H93NO10/c1-3-5-7-9-11-13-14-15-16-17-18-19-20-21-22-23-24-25-26-27-28-29-30-32-33-35-37-42(53)45(55)41(40-60-50-48(58)47(57)46(56)44(39-52)61-50)51-49(59)43(54)38-36-34-31-12-10-8-6-4-2/h26-27,30-32,34,41-48,50,52-58H,3-25,28-29,33,35-40H2,1-2H3,(H,51,59)/b27-26+,32-30+,34-31-. The van der Waals surface area contributed by atoms with Gasteiger partial charge in [-0.2, -0.15) is 0 Å². The summed E-state index contributed by atoms with van der Waals surface area (Å²) >= 11 is 0. The maximum atomic E-state index is 13.0. The van der Waals surface area contributed by atoms with E-state index in [-0.39, 0.29) is 12.8 Å². The summed E-state index contributed by atoms with van der Waals surface area (Å²) in [5, 5.41) is 75.4. The summed E-state index contributed by atoms with van der Waals surface area (Å²) < 4.78 is 11.0. The molecule has 1 fully saturated rings. The number of aliphatic hydroxyl groups is 7. The zero-order valence-electron chi connectivity index (χ0n) is 38.6. The van der Waals surface area contributed by atoms with E-state index in [1.165, 1.54) is 128 Å². The highest BCUT2D eigenvalue weighted by atomic mass is 16.7. The summed E-state index contributed by atoms with van der Waals surface area (Å²) in [6, 6.07) is -1.20. The number of hydrogen-bond donors (Lipinski definition) is 8. The molecule has 1 heterocycles. The lowest BCUT2D eigenvalue weighted by Gasteiger charge is -2.40. The summed E-state index contributed by atoms with van der Waals surface area (Å²) in [5.74, 6) is -0.748. The Bertz CT molecular complexity index is 1090. The molecule has 11 nitrogen and oxygen atoms in total. The van der Waals surface area contributed by atoms with E-state index in [1.54, 1.807) is 0 Å². The number of ether oxygens (including phenoxy) is 2. The van der Waals surface area contributed by atoms with Crippen molar-refractivity contribution in [3.8, 4) is 0 Å². The monoisotopic (exact) mass is 868 g/mol. The van der Waals surface area contributed by atoms with E-state index in [4.69, 9.17) is 9.47 Å². The van der Waals surface area contributed by atoms with Crippen LogP contribution in [-0.4, -0.2) is 110 Å². The fraction of sp³-hybridized carbons (Fsp3) is 0.860. The fourth-order valence-electron chi connectivity index (χ4n) is 7.75. The molecule has 8 N–H and O–H groups in total. The molecule has 0 aromatic carbocycles. The summed E-state index contributed by atoms with van der Waals surface area (Å²) in [5.41, 5.74) is 0. The first-order chi connectivity index (χ1) is 29.7. The van der Waals surface area contributed by atoms with Crippen LogP contribution in [0.15, 0.2) is 36.5 Å². The topological polar surface area (TPSA) is 189 Å². The maximum Gasteiger partial charge on any atom is 0.249 e. The quantitative estimate of drug-likeness (QED) is 0.0218. The zero-order chi connectivity index (χ0) is 44.8. The van der Waals surface area contributed by atoms with E-state index < -0.39 is 74.2 Å². The van der Waals surface area contributed by atoms with Crippen molar-refractivity contribution in [2.45, 2.75) is 262 Å². The van der Waals surface area contributed by atoms with Gasteiger partial charge in [-0.3, -0.25) is 4.79 Å². The molecule has 0 radical (unpaired) electrons. The van der Waals surface area contributed by atoms with E-state index >= 15 is 0 Å². The molecule has 1 aliphatic heterocycles. The van der Waals surface area contributed by atoms with Crippen LogP contribution >= 0.6 is 0 Å². The van der Waals surface area contributed by atoms with Crippen LogP contribution in [0.1, 0.15) is 206 Å². The van der Waals surface area contributed by atoms with Crippen molar-refractivity contribution in [1.29, 1.82) is 0 Å². The van der Waals surface area contributed by atoms with Crippen molar-refractivity contribution in [2.75, 3.05) is 13.2 Å². The van der Waals surface area contributed by atoms with Crippen LogP contribution in [0, 0.1) is 0 Å². The molecule has 9 unspecified atom stereocenters. The molecule has 61 heavy (non-hydrogen) atoms. The van der Waals surface area contributed by atoms with Crippen molar-refractivity contribution >= 4 is 5.91 Å². The summed E-state index contributed by atoms with van der Waals surface area (Å²) in [6.45, 7) is 3.34. The van der Waals surface area contributed by atoms with Crippen molar-refractivity contribution in [3.63, 3.8) is 0 Å². The Balaban J connectivity index is 2.33. The van der Waals surface area contributed by atoms with Gasteiger partial charge >= 0.3 is 0 Å². The number of unbranched alkanes of at least 4 members (excludes halogenated alkanes) is 23. The third-order valence-electron chi connectivity index (χ3n) is 11.9. The van der Waals surface area contributed by atoms with E-state index in [1.807, 2.05) is 12.2 Å². The highest BCUT2D eigenvalue weighted by molar-refractivity contribution is 5.80. The van der Waals surface area contributed by atoms with E-state index in [0.717, 1.165) is 32.1 Å². The summed E-state index contributed by atoms with van der Waals surface area (Å²) in [6.07, 6.45) is 35.4. The second-order valence-corrected chi connectivity index (χ2v) is 17.5. The molecular formula is C50H93NO10. The predicted octanol–water partition coefficient (Wildman–Crippen LogP) is 8.78. The van der Waals surface area contributed by atoms with Crippen LogP contribution < -0.4 is 5.32 Å². The molecule has 0 aromatic rings. The van der Waals surface area contributed by atoms with Crippen LogP contribution in [-0.2, 0) is 14.3 Å². The molecule has 1 rings (SSSR count). The first-order valence-electron chi connectivity index (χ1n) is 24.9. The molecule has 1 aliphatic rings. The average Bonchev–Trinajstić information content (AvgIpc) is 3.26. The molecule has 0 spiro atoms. The lowest BCUT2D eigenvalue weighted by Crippen LogP contribution is -2.60. The summed E-state index contributed by atoms with van der Waals surface area (Å²) in [7, 11) is 0. The highest BCUT2D eigenvalue weighted by Crippen LogP contribution is 2.23. The average molecular weight is 868 g/mol. The smallest absolute Gasteiger partial charge is 0.249 e. The minimum atomic E-state index is -1.67. The van der Waals surface area contributed by atoms with Gasteiger partial charge in [-0.05, 0) is 70.6 Å². The van der Waals surface area contributed by atoms with Gasteiger partial charge in [0.15, 0.2) is 6.29 Å². The van der Waals surface area contributed by atoms with Crippen LogP contribution in [0.4, 0.5) is 0 Å². The fourth-order valence-corrected chi connectivity index (χ4v) is 7.75. The van der Waals surface area contributed by atoms with Crippen LogP contribution in [0.3, 0.4) is 0 Å². The van der Waals surface area contributed by atoms with Gasteiger partial charge in [0.05, 0.1) is 25.4 Å². The number of carbonyl (C=O) groups excluding carboxylic acids is 1. The molecule has 0 aromatic heterocycles. The third kappa shape index (κ3) is 29.4. The van der Waals surface area contributed by atoms with Crippen LogP contribution in [0.2, 0.25) is 0 Å². The Morgan fingerprint density at radius 2 is 0.984 bits per heavy atom. The Labute approximate surface area is 371 Å². The van der Waals surface area contributed by atoms with Crippen molar-refractivity contribution in [2.24, 2.45) is 0 Å². The molecule has 0 bridgehead atoms. The van der Waals surface area contributed by atoms with Gasteiger partial charge < -0.3 is 50.5 Å². The molecule has 11 heteroatoms. The van der Waals surface area contributed by atoms with Crippen molar-refractivity contribution in [1.82, 2.24) is 5.32 Å². The molecule has 1 saturated heterocycles. The molecule has 0 saturated carbocycles. The van der Waals surface area contributed by atoms with Crippen LogP contribution in [0.5, 0.6) is 0 Å². The number of amides is 1. The largest absolute Gasteiger partial charge is 0.394 e. The molecule has 358 valence electrons. The number of hydrogen-bond acceptors (Lipinski definition) is 10. The van der Waals surface area contributed by atoms with E-state index in [0.29, 0.717) is 19.3 Å². The van der Waals surface area contributed by atoms with Gasteiger partial charge in [0.1, 0.15) is 36.6 Å². The van der Waals surface area contributed by atoms with Crippen LogP contribution in [0.25, 0.3) is 0 Å². The Kier molecular flexibility index (Phi) is 37.5. The number of nitrogens with one attached hydrogen (secondary N) is 1. The lowest BCUT2D eigenvalue weighted by atomic mass is 9.99. The Morgan fingerprint density at radius 3 is 1.48 bits per heavy atom. The normalized spacial score (nSPS) is 21.8. The number of rotatable bonds is 41. The first-order valence-corrected chi connectivity index (χ1v) is 24.9. The van der Waals surface area contributed by atoms with E-state index in [9.17, 15) is 40.5 Å².